The van der Waals surface area contributed by atoms with Gasteiger partial charge >= 0.3 is 5.97 Å². The van der Waals surface area contributed by atoms with Crippen molar-refractivity contribution in [3.63, 3.8) is 0 Å². The summed E-state index contributed by atoms with van der Waals surface area (Å²) < 4.78 is 5.28. The summed E-state index contributed by atoms with van der Waals surface area (Å²) in [5.74, 6) is -1.72. The number of carbonyl (C=O) groups is 4. The molecule has 2 rings (SSSR count). The number of ether oxygens (including phenoxy) is 1. The third-order valence-corrected chi connectivity index (χ3v) is 4.40. The molecular weight excluding hydrogens is 322 g/mol. The molecule has 1 aromatic carbocycles. The first-order valence-corrected chi connectivity index (χ1v) is 8.42. The molecule has 134 valence electrons. The number of rotatable bonds is 8. The van der Waals surface area contributed by atoms with Crippen LogP contribution in [-0.2, 0) is 14.3 Å². The Morgan fingerprint density at radius 2 is 1.76 bits per heavy atom. The van der Waals surface area contributed by atoms with Crippen molar-refractivity contribution in [3.05, 3.63) is 35.4 Å². The van der Waals surface area contributed by atoms with Gasteiger partial charge in [-0.25, -0.2) is 4.79 Å². The van der Waals surface area contributed by atoms with Crippen LogP contribution < -0.4 is 0 Å². The minimum Gasteiger partial charge on any atom is -0.464 e. The highest BCUT2D eigenvalue weighted by atomic mass is 16.5. The predicted octanol–water partition coefficient (Wildman–Crippen LogP) is 2.61. The summed E-state index contributed by atoms with van der Waals surface area (Å²) in [4.78, 5) is 50.2. The molecule has 0 aliphatic carbocycles. The summed E-state index contributed by atoms with van der Waals surface area (Å²) in [6, 6.07) is 5.29. The highest BCUT2D eigenvalue weighted by Crippen LogP contribution is 2.35. The van der Waals surface area contributed by atoms with Crippen LogP contribution in [0.25, 0.3) is 0 Å². The van der Waals surface area contributed by atoms with Crippen LogP contribution in [0.3, 0.4) is 0 Å². The standard InChI is InChI=1S/C19H23NO5/c1-4-5-12-25-18(24)15(19(2,3)10-11-21)20-16(22)13-8-6-7-9-14(13)17(20)23/h6-9,11,15H,4-5,10,12H2,1-3H3. The first kappa shape index (κ1) is 18.8. The Kier molecular flexibility index (Phi) is 5.72. The van der Waals surface area contributed by atoms with Crippen molar-refractivity contribution in [2.24, 2.45) is 5.41 Å². The number of hydrogen-bond donors (Lipinski definition) is 0. The number of hydrogen-bond acceptors (Lipinski definition) is 5. The van der Waals surface area contributed by atoms with E-state index in [0.29, 0.717) is 12.7 Å². The minimum atomic E-state index is -1.15. The molecule has 0 bridgehead atoms. The van der Waals surface area contributed by atoms with Crippen molar-refractivity contribution in [2.75, 3.05) is 6.61 Å². The normalized spacial score (nSPS) is 15.1. The van der Waals surface area contributed by atoms with Crippen molar-refractivity contribution >= 4 is 24.1 Å². The molecule has 1 heterocycles. The molecule has 1 aliphatic rings. The van der Waals surface area contributed by atoms with E-state index in [-0.39, 0.29) is 24.2 Å². The maximum atomic E-state index is 12.7. The van der Waals surface area contributed by atoms with Gasteiger partial charge in [0.1, 0.15) is 12.3 Å². The second-order valence-electron chi connectivity index (χ2n) is 6.81. The highest BCUT2D eigenvalue weighted by Gasteiger charge is 2.49. The molecular formula is C19H23NO5. The van der Waals surface area contributed by atoms with Crippen LogP contribution in [0.1, 0.15) is 60.7 Å². The third kappa shape index (κ3) is 3.62. The lowest BCUT2D eigenvalue weighted by Gasteiger charge is -2.36. The number of nitrogens with zero attached hydrogens (tertiary/aromatic N) is 1. The lowest BCUT2D eigenvalue weighted by molar-refractivity contribution is -0.152. The van der Waals surface area contributed by atoms with Gasteiger partial charge in [-0.15, -0.1) is 0 Å². The molecule has 1 atom stereocenters. The number of esters is 1. The van der Waals surface area contributed by atoms with E-state index in [1.165, 1.54) is 0 Å². The maximum Gasteiger partial charge on any atom is 0.329 e. The van der Waals surface area contributed by atoms with Gasteiger partial charge in [0.25, 0.3) is 11.8 Å². The molecule has 1 unspecified atom stereocenters. The average molecular weight is 345 g/mol. The fourth-order valence-electron chi connectivity index (χ4n) is 2.94. The average Bonchev–Trinajstić information content (AvgIpc) is 2.81. The summed E-state index contributed by atoms with van der Waals surface area (Å²) in [6.45, 7) is 5.53. The molecule has 0 N–H and O–H groups in total. The SMILES string of the molecule is CCCCOC(=O)C(N1C(=O)c2ccccc2C1=O)C(C)(C)CC=O. The molecule has 25 heavy (non-hydrogen) atoms. The summed E-state index contributed by atoms with van der Waals surface area (Å²) in [5, 5.41) is 0. The van der Waals surface area contributed by atoms with Crippen LogP contribution in [0, 0.1) is 5.41 Å². The first-order chi connectivity index (χ1) is 11.8. The molecule has 0 radical (unpaired) electrons. The maximum absolute atomic E-state index is 12.7. The van der Waals surface area contributed by atoms with E-state index in [4.69, 9.17) is 4.74 Å². The van der Waals surface area contributed by atoms with Crippen LogP contribution in [0.2, 0.25) is 0 Å². The largest absolute Gasteiger partial charge is 0.464 e. The fourth-order valence-corrected chi connectivity index (χ4v) is 2.94. The smallest absolute Gasteiger partial charge is 0.329 e. The Hall–Kier alpha value is -2.50. The van der Waals surface area contributed by atoms with Crippen molar-refractivity contribution in [1.29, 1.82) is 0 Å². The van der Waals surface area contributed by atoms with Crippen molar-refractivity contribution in [1.82, 2.24) is 4.90 Å². The van der Waals surface area contributed by atoms with Gasteiger partial charge in [0, 0.05) is 11.8 Å². The Morgan fingerprint density at radius 3 is 2.24 bits per heavy atom. The molecule has 1 aliphatic heterocycles. The van der Waals surface area contributed by atoms with E-state index < -0.39 is 29.2 Å². The van der Waals surface area contributed by atoms with Crippen LogP contribution in [0.4, 0.5) is 0 Å². The Morgan fingerprint density at radius 1 is 1.20 bits per heavy atom. The topological polar surface area (TPSA) is 80.8 Å². The van der Waals surface area contributed by atoms with E-state index in [0.717, 1.165) is 11.3 Å². The minimum absolute atomic E-state index is 0.0218. The zero-order valence-electron chi connectivity index (χ0n) is 14.8. The van der Waals surface area contributed by atoms with Gasteiger partial charge in [-0.3, -0.25) is 14.5 Å². The number of unbranched alkanes of at least 4 members (excludes halogenated alkanes) is 1. The number of aldehydes is 1. The van der Waals surface area contributed by atoms with Gasteiger partial charge in [-0.05, 0) is 18.6 Å². The number of amides is 2. The van der Waals surface area contributed by atoms with Crippen molar-refractivity contribution < 1.29 is 23.9 Å². The number of fused-ring (bicyclic) bond motifs is 1. The number of benzene rings is 1. The molecule has 0 saturated heterocycles. The zero-order valence-corrected chi connectivity index (χ0v) is 14.8. The Balaban J connectivity index is 2.39. The monoisotopic (exact) mass is 345 g/mol. The zero-order chi connectivity index (χ0) is 18.6. The van der Waals surface area contributed by atoms with Gasteiger partial charge in [-0.1, -0.05) is 39.3 Å². The quantitative estimate of drug-likeness (QED) is 0.313. The van der Waals surface area contributed by atoms with Crippen molar-refractivity contribution in [2.45, 2.75) is 46.1 Å². The molecule has 0 aromatic heterocycles. The molecule has 1 aromatic rings. The summed E-state index contributed by atoms with van der Waals surface area (Å²) >= 11 is 0. The van der Waals surface area contributed by atoms with Crippen LogP contribution >= 0.6 is 0 Å². The third-order valence-electron chi connectivity index (χ3n) is 4.40. The summed E-state index contributed by atoms with van der Waals surface area (Å²) in [6.07, 6.45) is 2.25. The van der Waals surface area contributed by atoms with Gasteiger partial charge < -0.3 is 9.53 Å². The second kappa shape index (κ2) is 7.59. The molecule has 6 nitrogen and oxygen atoms in total. The summed E-state index contributed by atoms with van der Waals surface area (Å²) in [5.41, 5.74) is -0.403. The lowest BCUT2D eigenvalue weighted by Crippen LogP contribution is -2.53. The molecule has 2 amide bonds. The van der Waals surface area contributed by atoms with Crippen LogP contribution in [0.15, 0.2) is 24.3 Å². The predicted molar refractivity (Wildman–Crippen MR) is 91.1 cm³/mol. The van der Waals surface area contributed by atoms with Gasteiger partial charge in [-0.2, -0.15) is 0 Å². The van der Waals surface area contributed by atoms with E-state index in [1.54, 1.807) is 38.1 Å². The first-order valence-electron chi connectivity index (χ1n) is 8.42. The van der Waals surface area contributed by atoms with E-state index >= 15 is 0 Å². The van der Waals surface area contributed by atoms with Gasteiger partial charge in [0.2, 0.25) is 0 Å². The highest BCUT2D eigenvalue weighted by molar-refractivity contribution is 6.22. The van der Waals surface area contributed by atoms with E-state index in [2.05, 4.69) is 0 Å². The van der Waals surface area contributed by atoms with E-state index in [9.17, 15) is 19.2 Å². The van der Waals surface area contributed by atoms with Crippen molar-refractivity contribution in [3.8, 4) is 0 Å². The van der Waals surface area contributed by atoms with Crippen LogP contribution in [-0.4, -0.2) is 41.6 Å². The lowest BCUT2D eigenvalue weighted by atomic mass is 9.80. The molecule has 6 heteroatoms. The van der Waals surface area contributed by atoms with E-state index in [1.807, 2.05) is 6.92 Å². The van der Waals surface area contributed by atoms with Gasteiger partial charge in [0.15, 0.2) is 0 Å². The van der Waals surface area contributed by atoms with Gasteiger partial charge in [0.05, 0.1) is 17.7 Å². The van der Waals surface area contributed by atoms with Crippen LogP contribution in [0.5, 0.6) is 0 Å². The molecule has 0 saturated carbocycles. The molecule has 0 fully saturated rings. The number of imide groups is 1. The Labute approximate surface area is 147 Å². The second-order valence-corrected chi connectivity index (χ2v) is 6.81. The number of carbonyl (C=O) groups excluding carboxylic acids is 4. The fraction of sp³-hybridized carbons (Fsp3) is 0.474. The summed E-state index contributed by atoms with van der Waals surface area (Å²) in [7, 11) is 0. The Bertz CT molecular complexity index is 660. The molecule has 0 spiro atoms.